The Bertz CT molecular complexity index is 6080. The zero-order valence-corrected chi connectivity index (χ0v) is 90.0. The summed E-state index contributed by atoms with van der Waals surface area (Å²) >= 11 is 6.00. The second-order valence-electron chi connectivity index (χ2n) is 46.2. The third-order valence-electron chi connectivity index (χ3n) is 35.4. The van der Waals surface area contributed by atoms with E-state index in [1.165, 1.54) is 405 Å². The third-order valence-corrected chi connectivity index (χ3v) is 35.7. The van der Waals surface area contributed by atoms with Crippen LogP contribution >= 0.6 is 11.6 Å². The number of benzene rings is 12. The number of piperidine rings is 6. The van der Waals surface area contributed by atoms with Gasteiger partial charge < -0.3 is 19.6 Å². The fraction of sp³-hybridized carbons (Fsp3) is 0.442. The molecule has 149 heavy (non-hydrogen) atoms. The summed E-state index contributed by atoms with van der Waals surface area (Å²) in [6.45, 7) is 23.5. The molecule has 0 N–H and O–H groups in total. The number of aryl methyl sites for hydroxylation is 1. The molecule has 7 nitrogen and oxygen atoms in total. The predicted octanol–water partition coefficient (Wildman–Crippen LogP) is 34.9. The van der Waals surface area contributed by atoms with Gasteiger partial charge in [0.1, 0.15) is 17.5 Å². The summed E-state index contributed by atoms with van der Waals surface area (Å²) in [6, 6.07) is 108. The van der Waals surface area contributed by atoms with Crippen LogP contribution in [0, 0.1) is 48.0 Å². The molecular weight excluding hydrogens is 1850 g/mol. The third kappa shape index (κ3) is 31.5. The first-order valence-corrected chi connectivity index (χ1v) is 58.7. The van der Waals surface area contributed by atoms with Crippen LogP contribution in [0.25, 0.3) is 66.8 Å². The molecule has 11 fully saturated rings. The molecule has 7 heterocycles. The monoisotopic (exact) mass is 2010 g/mol. The Morgan fingerprint density at radius 2 is 0.530 bits per heavy atom. The zero-order valence-electron chi connectivity index (χ0n) is 89.2. The maximum Gasteiger partial charge on any atom is 0.126 e. The molecule has 11 aliphatic rings. The average Bonchev–Trinajstić information content (AvgIpc) is 1.60. The van der Waals surface area contributed by atoms with Gasteiger partial charge in [-0.2, -0.15) is 0 Å². The average molecular weight is 2010 g/mol. The van der Waals surface area contributed by atoms with Crippen molar-refractivity contribution < 1.29 is 13.2 Å². The number of hydrogen-bond acceptors (Lipinski definition) is 7. The molecule has 6 atom stereocenters. The molecular formula is C138H165ClF3N7. The summed E-state index contributed by atoms with van der Waals surface area (Å²) in [5.74, 6) is 6.60. The minimum absolute atomic E-state index is 0.189. The van der Waals surface area contributed by atoms with E-state index >= 15 is 0 Å². The number of likely N-dealkylation sites (tertiary alicyclic amines) is 6. The highest BCUT2D eigenvalue weighted by molar-refractivity contribution is 6.30. The topological polar surface area (TPSA) is 32.3 Å². The van der Waals surface area contributed by atoms with Gasteiger partial charge in [-0.25, -0.2) is 13.2 Å². The van der Waals surface area contributed by atoms with Gasteiger partial charge in [-0.1, -0.05) is 331 Å². The van der Waals surface area contributed by atoms with Gasteiger partial charge in [0.2, 0.25) is 0 Å². The second kappa shape index (κ2) is 55.3. The minimum atomic E-state index is -0.529. The van der Waals surface area contributed by atoms with Gasteiger partial charge in [0.25, 0.3) is 0 Å². The first-order chi connectivity index (χ1) is 73.3. The lowest BCUT2D eigenvalue weighted by molar-refractivity contribution is 0.150. The van der Waals surface area contributed by atoms with Gasteiger partial charge in [-0.05, 0) is 406 Å². The van der Waals surface area contributed by atoms with Crippen molar-refractivity contribution in [2.45, 2.75) is 260 Å². The van der Waals surface area contributed by atoms with Gasteiger partial charge in [-0.3, -0.25) is 14.8 Å². The van der Waals surface area contributed by atoms with Crippen molar-refractivity contribution in [1.29, 1.82) is 0 Å². The maximum atomic E-state index is 13.4. The minimum Gasteiger partial charge on any atom is -0.302 e. The molecule has 5 aliphatic carbocycles. The Morgan fingerprint density at radius 3 is 0.906 bits per heavy atom. The van der Waals surface area contributed by atoms with Crippen LogP contribution in [-0.4, -0.2) is 145 Å². The van der Waals surface area contributed by atoms with E-state index in [0.717, 1.165) is 89.0 Å². The SMILES string of the molecule is Cc1cc(C2CCCN(CC3CCCC3)C2)ccc1-c1ccccc1.Clc1ccc(-c2ccc(C3CCCN(CC4CCCC4)C3)cc2)cc1.Fc1cc(F)cc(-c2ccc(C3CCCN(CC4CCCC4)C3)cc2)c1.Fc1ccc(-c2ccc(C3CCCN(Cc4ccccc4)C3)cc2)cc1.c1cc(-c2ccc(C3CCCN(CC4CCCC4)C3)cc2)ccn1.c1ccc(-c2ccc(C3CCCN(C4CCCC4)C3)cc2)cc1. The lowest BCUT2D eigenvalue weighted by atomic mass is 9.87. The van der Waals surface area contributed by atoms with Crippen molar-refractivity contribution in [1.82, 2.24) is 34.4 Å². The van der Waals surface area contributed by atoms with Gasteiger partial charge >= 0.3 is 0 Å². The molecule has 0 spiro atoms. The molecule has 6 unspecified atom stereocenters. The molecule has 12 aromatic carbocycles. The summed E-state index contributed by atoms with van der Waals surface area (Å²) in [5, 5.41) is 0.796. The largest absolute Gasteiger partial charge is 0.302 e. The molecule has 0 radical (unpaired) electrons. The zero-order chi connectivity index (χ0) is 102. The number of rotatable bonds is 23. The van der Waals surface area contributed by atoms with E-state index in [9.17, 15) is 13.2 Å². The highest BCUT2D eigenvalue weighted by Crippen LogP contribution is 2.42. The number of pyridine rings is 1. The highest BCUT2D eigenvalue weighted by Gasteiger charge is 2.34. The van der Waals surface area contributed by atoms with Crippen LogP contribution in [-0.2, 0) is 6.54 Å². The lowest BCUT2D eigenvalue weighted by Gasteiger charge is -2.37. The molecule has 5 saturated carbocycles. The Kier molecular flexibility index (Phi) is 39.7. The summed E-state index contributed by atoms with van der Waals surface area (Å²) < 4.78 is 40.0. The van der Waals surface area contributed by atoms with Crippen molar-refractivity contribution in [2.75, 3.05) is 105 Å². The maximum absolute atomic E-state index is 13.4. The normalized spacial score (nSPS) is 21.7. The van der Waals surface area contributed by atoms with E-state index in [1.807, 2.05) is 48.8 Å². The molecule has 780 valence electrons. The number of aromatic nitrogens is 1. The summed E-state index contributed by atoms with van der Waals surface area (Å²) in [7, 11) is 0. The van der Waals surface area contributed by atoms with E-state index in [-0.39, 0.29) is 5.82 Å². The van der Waals surface area contributed by atoms with E-state index in [0.29, 0.717) is 29.2 Å². The number of halogens is 4. The molecule has 24 rings (SSSR count). The fourth-order valence-electron chi connectivity index (χ4n) is 27.2. The fourth-order valence-corrected chi connectivity index (χ4v) is 27.3. The van der Waals surface area contributed by atoms with Crippen molar-refractivity contribution in [2.24, 2.45) is 23.7 Å². The van der Waals surface area contributed by atoms with Crippen LogP contribution in [0.3, 0.4) is 0 Å². The van der Waals surface area contributed by atoms with Gasteiger partial charge in [0, 0.05) is 102 Å². The molecule has 1 aromatic heterocycles. The second-order valence-corrected chi connectivity index (χ2v) is 46.6. The highest BCUT2D eigenvalue weighted by atomic mass is 35.5. The first-order valence-electron chi connectivity index (χ1n) is 58.3. The number of hydrogen-bond donors (Lipinski definition) is 0. The Balaban J connectivity index is 0.000000112. The summed E-state index contributed by atoms with van der Waals surface area (Å²) in [5.41, 5.74) is 25.8. The molecule has 6 aliphatic heterocycles. The quantitative estimate of drug-likeness (QED) is 0.0631. The molecule has 13 aromatic rings. The van der Waals surface area contributed by atoms with Crippen LogP contribution in [0.4, 0.5) is 13.2 Å². The Hall–Kier alpha value is -10.4. The smallest absolute Gasteiger partial charge is 0.126 e. The van der Waals surface area contributed by atoms with Crippen LogP contribution in [0.15, 0.2) is 322 Å². The Labute approximate surface area is 897 Å². The lowest BCUT2D eigenvalue weighted by Crippen LogP contribution is -2.40. The molecule has 6 saturated heterocycles. The molecule has 0 bridgehead atoms. The van der Waals surface area contributed by atoms with E-state index in [1.54, 1.807) is 5.56 Å². The summed E-state index contributed by atoms with van der Waals surface area (Å²) in [4.78, 5) is 20.3. The van der Waals surface area contributed by atoms with Crippen LogP contribution in [0.2, 0.25) is 5.02 Å². The molecule has 11 heteroatoms. The van der Waals surface area contributed by atoms with Crippen molar-refractivity contribution in [3.8, 4) is 66.8 Å². The Morgan fingerprint density at radius 1 is 0.242 bits per heavy atom. The van der Waals surface area contributed by atoms with Crippen LogP contribution in [0.1, 0.15) is 285 Å². The standard InChI is InChI=1S/C24H24FN.C24H31N.C23H28ClN.C23H27F2N.C22H28N2.C22H27N/c25-24-14-12-21(13-15-24)20-8-10-22(11-9-20)23-7-4-16-26(18-23)17-19-5-2-1-3-6-19;1-19-16-22(13-14-24(19)21-10-3-2-4-11-21)23-12-7-15-25(18-23)17-20-8-5-6-9-20;24-23-13-11-20(12-14-23)19-7-9-21(10-8-19)22-6-3-15-25(17-22)16-18-4-1-2-5-18;24-22-12-21(13-23(25)14-22)19-9-7-18(8-10-19)20-6-3-11-26(16-20)15-17-4-1-2-5-17;1-2-5-18(4-1)16-24-15-3-6-22(17-24)20-9-7-19(8-10-20)21-11-13-23-14-12-21;1-2-7-18(8-3-1)19-12-14-20(15-13-19)21-9-6-16-23(17-21)22-10-4-5-11-22/h1-3,5-6,8-15,23H,4,7,16-18H2;2-4,10-11,13-14,16,20,23H,5-9,12,15,17-18H2,1H3;7-14,18,22H,1-6,15-17H2;7-10,12-14,17,20H,1-6,11,15-16H2;7-14,18,22H,1-6,15-17H2;1-3,7-8,12-15,21-22H,4-6,9-11,16-17H2. The van der Waals surface area contributed by atoms with Gasteiger partial charge in [0.05, 0.1) is 0 Å². The van der Waals surface area contributed by atoms with Crippen LogP contribution < -0.4 is 0 Å². The van der Waals surface area contributed by atoms with Crippen molar-refractivity contribution >= 4 is 11.6 Å². The van der Waals surface area contributed by atoms with Gasteiger partial charge in [0.15, 0.2) is 0 Å². The summed E-state index contributed by atoms with van der Waals surface area (Å²) in [6.07, 6.45) is 48.4. The predicted molar refractivity (Wildman–Crippen MR) is 620 cm³/mol. The van der Waals surface area contributed by atoms with E-state index < -0.39 is 11.6 Å². The van der Waals surface area contributed by atoms with Crippen molar-refractivity contribution in [3.63, 3.8) is 0 Å². The number of nitrogens with zero attached hydrogens (tertiary/aromatic N) is 7. The molecule has 0 amide bonds. The van der Waals surface area contributed by atoms with E-state index in [2.05, 4.69) is 284 Å². The first kappa shape index (κ1) is 107. The van der Waals surface area contributed by atoms with Gasteiger partial charge in [-0.15, -0.1) is 0 Å². The van der Waals surface area contributed by atoms with Crippen LogP contribution in [0.5, 0.6) is 0 Å². The van der Waals surface area contributed by atoms with E-state index in [4.69, 9.17) is 11.6 Å². The van der Waals surface area contributed by atoms with Crippen molar-refractivity contribution in [3.05, 3.63) is 389 Å².